The lowest BCUT2D eigenvalue weighted by atomic mass is 9.90. The van der Waals surface area contributed by atoms with Crippen molar-refractivity contribution in [3.05, 3.63) is 29.3 Å². The Balaban J connectivity index is 1.92. The second kappa shape index (κ2) is 8.11. The number of carbonyl (C=O) groups is 1. The molecule has 4 heteroatoms. The number of nitrogens with zero attached hydrogens (tertiary/aromatic N) is 1. The van der Waals surface area contributed by atoms with E-state index in [0.29, 0.717) is 12.0 Å². The summed E-state index contributed by atoms with van der Waals surface area (Å²) in [4.78, 5) is 14.0. The first-order valence-electron chi connectivity index (χ1n) is 9.54. The number of amides is 1. The summed E-state index contributed by atoms with van der Waals surface area (Å²) in [7, 11) is 0. The molecule has 0 aromatic heterocycles. The summed E-state index contributed by atoms with van der Waals surface area (Å²) in [5, 5.41) is 3.75. The Labute approximate surface area is 152 Å². The summed E-state index contributed by atoms with van der Waals surface area (Å²) >= 11 is 0. The van der Waals surface area contributed by atoms with E-state index in [2.05, 4.69) is 44.3 Å². The van der Waals surface area contributed by atoms with Crippen LogP contribution in [-0.2, 0) is 11.2 Å². The highest BCUT2D eigenvalue weighted by Crippen LogP contribution is 2.27. The lowest BCUT2D eigenvalue weighted by molar-refractivity contribution is 0.0179. The summed E-state index contributed by atoms with van der Waals surface area (Å²) in [6.07, 6.45) is 2.88. The first-order valence-corrected chi connectivity index (χ1v) is 9.54. The van der Waals surface area contributed by atoms with Crippen LogP contribution in [0.25, 0.3) is 0 Å². The van der Waals surface area contributed by atoms with Crippen LogP contribution in [0.15, 0.2) is 18.2 Å². The first kappa shape index (κ1) is 19.6. The number of likely N-dealkylation sites (tertiary alicyclic amines) is 1. The molecule has 1 aliphatic heterocycles. The number of para-hydroxylation sites is 1. The number of hydrogen-bond acceptors (Lipinski definition) is 3. The molecule has 1 aliphatic rings. The van der Waals surface area contributed by atoms with Crippen molar-refractivity contribution in [2.24, 2.45) is 5.92 Å². The third-order valence-electron chi connectivity index (χ3n) is 5.01. The number of anilines is 1. The van der Waals surface area contributed by atoms with Crippen molar-refractivity contribution in [1.82, 2.24) is 4.90 Å². The minimum atomic E-state index is -0.426. The summed E-state index contributed by atoms with van der Waals surface area (Å²) in [5.74, 6) is 0.572. The Morgan fingerprint density at radius 2 is 1.96 bits per heavy atom. The fourth-order valence-electron chi connectivity index (χ4n) is 3.48. The molecule has 1 atom stereocenters. The van der Waals surface area contributed by atoms with Crippen LogP contribution in [0.1, 0.15) is 58.6 Å². The number of nitrogens with one attached hydrogen (secondary N) is 1. The summed E-state index contributed by atoms with van der Waals surface area (Å²) in [5.41, 5.74) is 3.53. The van der Waals surface area contributed by atoms with Crippen molar-refractivity contribution in [1.29, 1.82) is 0 Å². The zero-order valence-corrected chi connectivity index (χ0v) is 16.7. The van der Waals surface area contributed by atoms with Gasteiger partial charge in [0, 0.05) is 24.8 Å². The molecule has 1 unspecified atom stereocenters. The van der Waals surface area contributed by atoms with Gasteiger partial charge in [-0.3, -0.25) is 0 Å². The Kier molecular flexibility index (Phi) is 6.36. The van der Waals surface area contributed by atoms with Gasteiger partial charge in [-0.2, -0.15) is 0 Å². The standard InChI is InChI=1S/C21H34N2O2/c1-7-17-10-8-9-15(2)19(17)22-16(3)18-11-13-23(14-12-18)20(24)25-21(4,5)6/h8-10,16,18,22H,7,11-14H2,1-6H3. The van der Waals surface area contributed by atoms with Gasteiger partial charge in [-0.15, -0.1) is 0 Å². The highest BCUT2D eigenvalue weighted by molar-refractivity contribution is 5.68. The number of ether oxygens (including phenoxy) is 1. The molecule has 1 N–H and O–H groups in total. The summed E-state index contributed by atoms with van der Waals surface area (Å²) in [6, 6.07) is 6.89. The molecule has 1 saturated heterocycles. The van der Waals surface area contributed by atoms with Gasteiger partial charge in [0.25, 0.3) is 0 Å². The molecule has 140 valence electrons. The topological polar surface area (TPSA) is 41.6 Å². The molecule has 1 aromatic carbocycles. The molecule has 0 bridgehead atoms. The first-order chi connectivity index (χ1) is 11.7. The molecular formula is C21H34N2O2. The molecular weight excluding hydrogens is 312 g/mol. The van der Waals surface area contributed by atoms with Gasteiger partial charge >= 0.3 is 6.09 Å². The monoisotopic (exact) mass is 346 g/mol. The highest BCUT2D eigenvalue weighted by Gasteiger charge is 2.29. The fourth-order valence-corrected chi connectivity index (χ4v) is 3.48. The molecule has 1 amide bonds. The van der Waals surface area contributed by atoms with Crippen molar-refractivity contribution in [3.8, 4) is 0 Å². The van der Waals surface area contributed by atoms with Crippen LogP contribution in [0.4, 0.5) is 10.5 Å². The lowest BCUT2D eigenvalue weighted by Gasteiger charge is -2.36. The van der Waals surface area contributed by atoms with Crippen molar-refractivity contribution in [2.45, 2.75) is 72.4 Å². The molecule has 25 heavy (non-hydrogen) atoms. The zero-order valence-electron chi connectivity index (χ0n) is 16.7. The number of aryl methyl sites for hydroxylation is 2. The van der Waals surface area contributed by atoms with Crippen molar-refractivity contribution in [2.75, 3.05) is 18.4 Å². The van der Waals surface area contributed by atoms with Crippen LogP contribution in [-0.4, -0.2) is 35.7 Å². The third-order valence-corrected chi connectivity index (χ3v) is 5.01. The minimum Gasteiger partial charge on any atom is -0.444 e. The largest absolute Gasteiger partial charge is 0.444 e. The van der Waals surface area contributed by atoms with Gasteiger partial charge < -0.3 is 15.0 Å². The molecule has 1 fully saturated rings. The Morgan fingerprint density at radius 1 is 1.32 bits per heavy atom. The lowest BCUT2D eigenvalue weighted by Crippen LogP contribution is -2.44. The van der Waals surface area contributed by atoms with E-state index in [1.165, 1.54) is 16.8 Å². The zero-order chi connectivity index (χ0) is 18.6. The Morgan fingerprint density at radius 3 is 2.52 bits per heavy atom. The van der Waals surface area contributed by atoms with Gasteiger partial charge in [-0.05, 0) is 70.9 Å². The van der Waals surface area contributed by atoms with Crippen LogP contribution in [0.3, 0.4) is 0 Å². The number of carbonyl (C=O) groups excluding carboxylic acids is 1. The van der Waals surface area contributed by atoms with Crippen molar-refractivity contribution in [3.63, 3.8) is 0 Å². The minimum absolute atomic E-state index is 0.182. The average molecular weight is 347 g/mol. The van der Waals surface area contributed by atoms with Crippen LogP contribution < -0.4 is 5.32 Å². The molecule has 1 heterocycles. The average Bonchev–Trinajstić information content (AvgIpc) is 2.55. The van der Waals surface area contributed by atoms with E-state index in [0.717, 1.165) is 32.4 Å². The second-order valence-electron chi connectivity index (χ2n) is 8.20. The van der Waals surface area contributed by atoms with E-state index in [1.54, 1.807) is 0 Å². The quantitative estimate of drug-likeness (QED) is 0.833. The summed E-state index contributed by atoms with van der Waals surface area (Å²) in [6.45, 7) is 13.9. The van der Waals surface area contributed by atoms with E-state index < -0.39 is 5.60 Å². The number of hydrogen-bond donors (Lipinski definition) is 1. The Bertz CT molecular complexity index is 584. The summed E-state index contributed by atoms with van der Waals surface area (Å²) < 4.78 is 5.49. The number of piperidine rings is 1. The van der Waals surface area contributed by atoms with Gasteiger partial charge in [0.15, 0.2) is 0 Å². The predicted molar refractivity (Wildman–Crippen MR) is 104 cm³/mol. The van der Waals surface area contributed by atoms with Gasteiger partial charge in [0.05, 0.1) is 0 Å². The van der Waals surface area contributed by atoms with Crippen LogP contribution in [0.5, 0.6) is 0 Å². The van der Waals surface area contributed by atoms with Crippen molar-refractivity contribution < 1.29 is 9.53 Å². The van der Waals surface area contributed by atoms with Crippen LogP contribution in [0, 0.1) is 12.8 Å². The Hall–Kier alpha value is -1.71. The van der Waals surface area contributed by atoms with Gasteiger partial charge in [0.1, 0.15) is 5.60 Å². The van der Waals surface area contributed by atoms with Gasteiger partial charge in [0.2, 0.25) is 0 Å². The second-order valence-corrected chi connectivity index (χ2v) is 8.20. The van der Waals surface area contributed by atoms with E-state index in [-0.39, 0.29) is 6.09 Å². The highest BCUT2D eigenvalue weighted by atomic mass is 16.6. The molecule has 0 saturated carbocycles. The fraction of sp³-hybridized carbons (Fsp3) is 0.667. The number of benzene rings is 1. The van der Waals surface area contributed by atoms with Gasteiger partial charge in [-0.25, -0.2) is 4.79 Å². The molecule has 2 rings (SSSR count). The molecule has 0 radical (unpaired) electrons. The van der Waals surface area contributed by atoms with E-state index in [1.807, 2.05) is 25.7 Å². The number of rotatable bonds is 4. The van der Waals surface area contributed by atoms with E-state index >= 15 is 0 Å². The molecule has 0 aliphatic carbocycles. The molecule has 1 aromatic rings. The van der Waals surface area contributed by atoms with Crippen LogP contribution in [0.2, 0.25) is 0 Å². The molecule has 4 nitrogen and oxygen atoms in total. The SMILES string of the molecule is CCc1cccc(C)c1NC(C)C1CCN(C(=O)OC(C)(C)C)CC1. The predicted octanol–water partition coefficient (Wildman–Crippen LogP) is 5.00. The normalized spacial score (nSPS) is 17.3. The maximum absolute atomic E-state index is 12.2. The van der Waals surface area contributed by atoms with E-state index in [4.69, 9.17) is 4.74 Å². The maximum atomic E-state index is 12.2. The van der Waals surface area contributed by atoms with Crippen LogP contribution >= 0.6 is 0 Å². The maximum Gasteiger partial charge on any atom is 0.410 e. The third kappa shape index (κ3) is 5.38. The van der Waals surface area contributed by atoms with Gasteiger partial charge in [-0.1, -0.05) is 25.1 Å². The molecule has 0 spiro atoms. The van der Waals surface area contributed by atoms with E-state index in [9.17, 15) is 4.79 Å². The smallest absolute Gasteiger partial charge is 0.410 e. The van der Waals surface area contributed by atoms with Crippen molar-refractivity contribution >= 4 is 11.8 Å².